The molecule has 2 heterocycles. The number of amides is 1. The molecule has 1 N–H and O–H groups in total. The third kappa shape index (κ3) is 11.9. The summed E-state index contributed by atoms with van der Waals surface area (Å²) in [5.74, 6) is 0.886. The first kappa shape index (κ1) is 28.1. The first-order chi connectivity index (χ1) is 17.9. The Hall–Kier alpha value is -3.45. The summed E-state index contributed by atoms with van der Waals surface area (Å²) >= 11 is 0. The van der Waals surface area contributed by atoms with Gasteiger partial charge in [-0.15, -0.1) is 0 Å². The second kappa shape index (κ2) is 15.0. The minimum absolute atomic E-state index is 0.351. The molecule has 0 radical (unpaired) electrons. The van der Waals surface area contributed by atoms with Crippen molar-refractivity contribution in [3.05, 3.63) is 90.0 Å². The first-order valence-corrected chi connectivity index (χ1v) is 13.1. The maximum Gasteiger partial charge on any atom is 0.407 e. The number of nitrogens with zero attached hydrogens (tertiary/aromatic N) is 3. The summed E-state index contributed by atoms with van der Waals surface area (Å²) in [5, 5.41) is 2.80. The Morgan fingerprint density at radius 3 is 2.00 bits per heavy atom. The molecule has 0 saturated carbocycles. The van der Waals surface area contributed by atoms with Crippen molar-refractivity contribution >= 4 is 6.09 Å². The number of carbonyl (C=O) groups is 1. The molecule has 0 aliphatic heterocycles. The van der Waals surface area contributed by atoms with Crippen molar-refractivity contribution in [1.82, 2.24) is 20.2 Å². The quantitative estimate of drug-likeness (QED) is 0.266. The number of hydrogen-bond acceptors (Lipinski definition) is 6. The molecular weight excluding hydrogens is 464 g/mol. The normalized spacial score (nSPS) is 11.4. The van der Waals surface area contributed by atoms with Crippen LogP contribution in [0, 0.1) is 0 Å². The number of alkyl carbamates (subject to hydrolysis) is 1. The number of rotatable bonds is 14. The van der Waals surface area contributed by atoms with Gasteiger partial charge in [0.15, 0.2) is 0 Å². The summed E-state index contributed by atoms with van der Waals surface area (Å²) in [5.41, 5.74) is 2.84. The third-order valence-electron chi connectivity index (χ3n) is 5.56. The minimum atomic E-state index is -0.460. The molecule has 1 amide bonds. The summed E-state index contributed by atoms with van der Waals surface area (Å²) in [4.78, 5) is 23.0. The molecule has 3 aromatic rings. The molecule has 0 saturated heterocycles. The van der Waals surface area contributed by atoms with Gasteiger partial charge in [-0.05, 0) is 75.6 Å². The molecule has 7 nitrogen and oxygen atoms in total. The molecule has 0 aliphatic rings. The monoisotopic (exact) mass is 504 g/mol. The average Bonchev–Trinajstić information content (AvgIpc) is 2.87. The van der Waals surface area contributed by atoms with Gasteiger partial charge in [0.2, 0.25) is 0 Å². The maximum atomic E-state index is 11.6. The topological polar surface area (TPSA) is 76.6 Å². The molecule has 1 aromatic carbocycles. The van der Waals surface area contributed by atoms with Crippen LogP contribution in [0.3, 0.4) is 0 Å². The fourth-order valence-electron chi connectivity index (χ4n) is 3.83. The van der Waals surface area contributed by atoms with E-state index in [1.807, 2.05) is 69.6 Å². The van der Waals surface area contributed by atoms with E-state index in [-0.39, 0.29) is 6.09 Å². The Morgan fingerprint density at radius 1 is 0.811 bits per heavy atom. The van der Waals surface area contributed by atoms with Crippen molar-refractivity contribution in [2.45, 2.75) is 71.7 Å². The van der Waals surface area contributed by atoms with E-state index in [9.17, 15) is 4.79 Å². The number of carbonyl (C=O) groups excluding carboxylic acids is 1. The van der Waals surface area contributed by atoms with Gasteiger partial charge in [0.25, 0.3) is 0 Å². The lowest BCUT2D eigenvalue weighted by Gasteiger charge is -2.22. The van der Waals surface area contributed by atoms with Crippen LogP contribution < -0.4 is 10.1 Å². The first-order valence-electron chi connectivity index (χ1n) is 13.1. The summed E-state index contributed by atoms with van der Waals surface area (Å²) < 4.78 is 11.2. The Morgan fingerprint density at radius 2 is 1.43 bits per heavy atom. The average molecular weight is 505 g/mol. The SMILES string of the molecule is CC(C)(C)OC(=O)NCCCCCCOc1ccc(CN(Cc2ccccn2)Cc2ccccn2)cc1. The van der Waals surface area contributed by atoms with Crippen LogP contribution in [0.15, 0.2) is 73.1 Å². The predicted molar refractivity (Wildman–Crippen MR) is 146 cm³/mol. The molecule has 2 aromatic heterocycles. The van der Waals surface area contributed by atoms with Gasteiger partial charge in [-0.1, -0.05) is 37.1 Å². The highest BCUT2D eigenvalue weighted by molar-refractivity contribution is 5.67. The molecule has 0 fully saturated rings. The van der Waals surface area contributed by atoms with E-state index in [0.717, 1.165) is 62.5 Å². The van der Waals surface area contributed by atoms with Gasteiger partial charge in [-0.25, -0.2) is 4.79 Å². The van der Waals surface area contributed by atoms with Crippen molar-refractivity contribution in [3.8, 4) is 5.75 Å². The van der Waals surface area contributed by atoms with Crippen molar-refractivity contribution in [3.63, 3.8) is 0 Å². The Labute approximate surface area is 221 Å². The molecule has 0 aliphatic carbocycles. The molecule has 7 heteroatoms. The molecule has 198 valence electrons. The van der Waals surface area contributed by atoms with Crippen LogP contribution in [0.1, 0.15) is 63.4 Å². The summed E-state index contributed by atoms with van der Waals surface area (Å²) in [7, 11) is 0. The zero-order valence-corrected chi connectivity index (χ0v) is 22.4. The number of hydrogen-bond donors (Lipinski definition) is 1. The van der Waals surface area contributed by atoms with Crippen LogP contribution in [0.2, 0.25) is 0 Å². The van der Waals surface area contributed by atoms with E-state index in [2.05, 4.69) is 44.5 Å². The number of nitrogens with one attached hydrogen (secondary N) is 1. The molecule has 0 bridgehead atoms. The van der Waals surface area contributed by atoms with Gasteiger partial charge in [0.1, 0.15) is 11.4 Å². The summed E-state index contributed by atoms with van der Waals surface area (Å²) in [6.45, 7) is 9.21. The highest BCUT2D eigenvalue weighted by Gasteiger charge is 2.15. The smallest absolute Gasteiger partial charge is 0.407 e. The van der Waals surface area contributed by atoms with Gasteiger partial charge in [-0.3, -0.25) is 14.9 Å². The molecule has 37 heavy (non-hydrogen) atoms. The van der Waals surface area contributed by atoms with E-state index >= 15 is 0 Å². The zero-order chi connectivity index (χ0) is 26.3. The molecule has 0 atom stereocenters. The van der Waals surface area contributed by atoms with Crippen LogP contribution in [-0.2, 0) is 24.4 Å². The third-order valence-corrected chi connectivity index (χ3v) is 5.56. The van der Waals surface area contributed by atoms with E-state index in [1.54, 1.807) is 0 Å². The van der Waals surface area contributed by atoms with E-state index in [1.165, 1.54) is 5.56 Å². The molecule has 0 unspecified atom stereocenters. The molecule has 0 spiro atoms. The van der Waals surface area contributed by atoms with Gasteiger partial charge in [-0.2, -0.15) is 0 Å². The largest absolute Gasteiger partial charge is 0.494 e. The predicted octanol–water partition coefficient (Wildman–Crippen LogP) is 6.14. The Balaban J connectivity index is 1.37. The van der Waals surface area contributed by atoms with Crippen LogP contribution in [0.5, 0.6) is 5.75 Å². The van der Waals surface area contributed by atoms with Crippen molar-refractivity contribution in [2.24, 2.45) is 0 Å². The number of aromatic nitrogens is 2. The van der Waals surface area contributed by atoms with Crippen molar-refractivity contribution < 1.29 is 14.3 Å². The highest BCUT2D eigenvalue weighted by Crippen LogP contribution is 2.17. The minimum Gasteiger partial charge on any atom is -0.494 e. The van der Waals surface area contributed by atoms with Crippen LogP contribution in [0.25, 0.3) is 0 Å². The van der Waals surface area contributed by atoms with E-state index in [4.69, 9.17) is 9.47 Å². The van der Waals surface area contributed by atoms with Gasteiger partial charge in [0, 0.05) is 38.6 Å². The Kier molecular flexibility index (Phi) is 11.4. The zero-order valence-electron chi connectivity index (χ0n) is 22.4. The summed E-state index contributed by atoms with van der Waals surface area (Å²) in [6, 6.07) is 20.4. The number of unbranched alkanes of at least 4 members (excludes halogenated alkanes) is 3. The van der Waals surface area contributed by atoms with Crippen molar-refractivity contribution in [2.75, 3.05) is 13.2 Å². The van der Waals surface area contributed by atoms with Gasteiger partial charge < -0.3 is 14.8 Å². The van der Waals surface area contributed by atoms with E-state index < -0.39 is 5.60 Å². The van der Waals surface area contributed by atoms with E-state index in [0.29, 0.717) is 13.2 Å². The fraction of sp³-hybridized carbons (Fsp3) is 0.433. The molecule has 3 rings (SSSR count). The lowest BCUT2D eigenvalue weighted by Crippen LogP contribution is -2.32. The van der Waals surface area contributed by atoms with Crippen LogP contribution in [0.4, 0.5) is 4.79 Å². The van der Waals surface area contributed by atoms with Crippen LogP contribution in [-0.4, -0.2) is 39.7 Å². The lowest BCUT2D eigenvalue weighted by atomic mass is 10.2. The molecular formula is C30H40N4O3. The van der Waals surface area contributed by atoms with Gasteiger partial charge >= 0.3 is 6.09 Å². The number of pyridine rings is 2. The summed E-state index contributed by atoms with van der Waals surface area (Å²) in [6.07, 6.45) is 7.33. The van der Waals surface area contributed by atoms with Crippen molar-refractivity contribution in [1.29, 1.82) is 0 Å². The second-order valence-electron chi connectivity index (χ2n) is 10.1. The van der Waals surface area contributed by atoms with Crippen LogP contribution >= 0.6 is 0 Å². The lowest BCUT2D eigenvalue weighted by molar-refractivity contribution is 0.0527. The fourth-order valence-corrected chi connectivity index (χ4v) is 3.83. The van der Waals surface area contributed by atoms with Gasteiger partial charge in [0.05, 0.1) is 18.0 Å². The standard InChI is InChI=1S/C30H40N4O3/c1-30(2,3)37-29(35)33-20-8-4-5-11-21-36-28-16-14-25(15-17-28)22-34(23-26-12-6-9-18-31-26)24-27-13-7-10-19-32-27/h6-7,9-10,12-19H,4-5,8,11,20-24H2,1-3H3,(H,33,35). The number of benzene rings is 1. The maximum absolute atomic E-state index is 11.6. The number of ether oxygens (including phenoxy) is 2. The highest BCUT2D eigenvalue weighted by atomic mass is 16.6. The second-order valence-corrected chi connectivity index (χ2v) is 10.1. The Bertz CT molecular complexity index is 996.